The zero-order valence-electron chi connectivity index (χ0n) is 9.10. The molecule has 1 aliphatic heterocycles. The predicted octanol–water partition coefficient (Wildman–Crippen LogP) is 1.81. The molecule has 1 saturated heterocycles. The third kappa shape index (κ3) is 3.09. The van der Waals surface area contributed by atoms with Crippen LogP contribution in [0.3, 0.4) is 0 Å². The number of nitrogens with one attached hydrogen (secondary N) is 1. The van der Waals surface area contributed by atoms with E-state index >= 15 is 0 Å². The van der Waals surface area contributed by atoms with E-state index in [4.69, 9.17) is 4.74 Å². The monoisotopic (exact) mass is 366 g/mol. The van der Waals surface area contributed by atoms with Crippen LogP contribution in [0.15, 0.2) is 12.1 Å². The van der Waals surface area contributed by atoms with Crippen LogP contribution in [0.25, 0.3) is 0 Å². The second-order valence-electron chi connectivity index (χ2n) is 3.63. The van der Waals surface area contributed by atoms with E-state index in [9.17, 15) is 9.59 Å². The van der Waals surface area contributed by atoms with Gasteiger partial charge in [-0.05, 0) is 34.7 Å². The number of nitrogens with zero attached hydrogens (tertiary/aromatic N) is 1. The summed E-state index contributed by atoms with van der Waals surface area (Å²) >= 11 is 3.75. The molecule has 1 aromatic heterocycles. The van der Waals surface area contributed by atoms with Gasteiger partial charge in [0.05, 0.1) is 16.0 Å². The Morgan fingerprint density at radius 1 is 1.71 bits per heavy atom. The molecule has 92 valence electrons. The van der Waals surface area contributed by atoms with Crippen molar-refractivity contribution in [3.8, 4) is 0 Å². The number of rotatable bonds is 3. The number of thiophene rings is 1. The number of hydrogen-bond acceptors (Lipinski definition) is 4. The van der Waals surface area contributed by atoms with E-state index in [1.807, 2.05) is 12.1 Å². The molecule has 2 heterocycles. The average molecular weight is 366 g/mol. The summed E-state index contributed by atoms with van der Waals surface area (Å²) in [6.07, 6.45) is -0.621. The summed E-state index contributed by atoms with van der Waals surface area (Å²) in [5.74, 6) is -0.120. The van der Waals surface area contributed by atoms with Crippen molar-refractivity contribution in [1.29, 1.82) is 0 Å². The highest BCUT2D eigenvalue weighted by Gasteiger charge is 2.33. The first-order valence-electron chi connectivity index (χ1n) is 5.04. The van der Waals surface area contributed by atoms with E-state index in [0.29, 0.717) is 13.1 Å². The predicted molar refractivity (Wildman–Crippen MR) is 73.3 cm³/mol. The zero-order valence-corrected chi connectivity index (χ0v) is 12.1. The van der Waals surface area contributed by atoms with Gasteiger partial charge in [-0.3, -0.25) is 9.69 Å². The number of halogens is 1. The fourth-order valence-electron chi connectivity index (χ4n) is 1.52. The van der Waals surface area contributed by atoms with Crippen molar-refractivity contribution in [3.63, 3.8) is 0 Å². The molecule has 1 aliphatic rings. The van der Waals surface area contributed by atoms with Gasteiger partial charge in [-0.25, -0.2) is 4.79 Å². The molecule has 17 heavy (non-hydrogen) atoms. The molecular weight excluding hydrogens is 355 g/mol. The topological polar surface area (TPSA) is 58.6 Å². The van der Waals surface area contributed by atoms with E-state index in [-0.39, 0.29) is 18.1 Å². The SMILES string of the molecule is CC(=O)NC[C@H]1CN(c2ccc(I)s2)C(=O)O1. The van der Waals surface area contributed by atoms with Crippen molar-refractivity contribution < 1.29 is 14.3 Å². The maximum Gasteiger partial charge on any atom is 0.415 e. The largest absolute Gasteiger partial charge is 0.442 e. The molecule has 0 aliphatic carbocycles. The Morgan fingerprint density at radius 3 is 3.06 bits per heavy atom. The van der Waals surface area contributed by atoms with Gasteiger partial charge in [-0.2, -0.15) is 0 Å². The van der Waals surface area contributed by atoms with Crippen LogP contribution in [0.4, 0.5) is 9.80 Å². The Kier molecular flexibility index (Phi) is 3.87. The zero-order chi connectivity index (χ0) is 12.4. The molecule has 0 spiro atoms. The Morgan fingerprint density at radius 2 is 2.47 bits per heavy atom. The van der Waals surface area contributed by atoms with Gasteiger partial charge in [0, 0.05) is 6.92 Å². The molecule has 0 radical (unpaired) electrons. The van der Waals surface area contributed by atoms with Gasteiger partial charge in [0.25, 0.3) is 0 Å². The van der Waals surface area contributed by atoms with Crippen molar-refractivity contribution in [2.45, 2.75) is 13.0 Å². The fraction of sp³-hybridized carbons (Fsp3) is 0.400. The number of ether oxygens (including phenoxy) is 1. The Bertz CT molecular complexity index is 449. The first kappa shape index (κ1) is 12.6. The number of hydrogen-bond donors (Lipinski definition) is 1. The van der Waals surface area contributed by atoms with Crippen molar-refractivity contribution in [2.24, 2.45) is 0 Å². The molecule has 0 unspecified atom stereocenters. The summed E-state index contributed by atoms with van der Waals surface area (Å²) in [7, 11) is 0. The average Bonchev–Trinajstić information content (AvgIpc) is 2.82. The lowest BCUT2D eigenvalue weighted by molar-refractivity contribution is -0.119. The number of amides is 2. The minimum absolute atomic E-state index is 0.120. The van der Waals surface area contributed by atoms with Gasteiger partial charge in [0.1, 0.15) is 11.1 Å². The highest BCUT2D eigenvalue weighted by Crippen LogP contribution is 2.30. The van der Waals surface area contributed by atoms with Crippen LogP contribution >= 0.6 is 33.9 Å². The molecule has 1 atom stereocenters. The van der Waals surface area contributed by atoms with Crippen molar-refractivity contribution in [3.05, 3.63) is 15.0 Å². The molecule has 1 fully saturated rings. The second-order valence-corrected chi connectivity index (χ2v) is 6.59. The molecular formula is C10H11IN2O3S. The minimum atomic E-state index is -0.349. The molecule has 0 aromatic carbocycles. The lowest BCUT2D eigenvalue weighted by atomic mass is 10.3. The quantitative estimate of drug-likeness (QED) is 0.831. The molecule has 0 bridgehead atoms. The van der Waals surface area contributed by atoms with E-state index < -0.39 is 0 Å². The molecule has 1 N–H and O–H groups in total. The van der Waals surface area contributed by atoms with Crippen LogP contribution in [0.2, 0.25) is 0 Å². The normalized spacial score (nSPS) is 19.3. The van der Waals surface area contributed by atoms with Crippen LogP contribution in [-0.2, 0) is 9.53 Å². The smallest absolute Gasteiger partial charge is 0.415 e. The van der Waals surface area contributed by atoms with Crippen LogP contribution in [0.5, 0.6) is 0 Å². The van der Waals surface area contributed by atoms with Crippen molar-refractivity contribution in [1.82, 2.24) is 5.32 Å². The summed E-state index contributed by atoms with van der Waals surface area (Å²) in [6, 6.07) is 3.85. The van der Waals surface area contributed by atoms with Crippen LogP contribution < -0.4 is 10.2 Å². The molecule has 1 aromatic rings. The first-order chi connectivity index (χ1) is 8.06. The molecule has 7 heteroatoms. The van der Waals surface area contributed by atoms with Gasteiger partial charge < -0.3 is 10.1 Å². The van der Waals surface area contributed by atoms with Gasteiger partial charge in [0.15, 0.2) is 0 Å². The van der Waals surface area contributed by atoms with Gasteiger partial charge in [-0.15, -0.1) is 11.3 Å². The summed E-state index contributed by atoms with van der Waals surface area (Å²) in [4.78, 5) is 24.0. The maximum absolute atomic E-state index is 11.6. The highest BCUT2D eigenvalue weighted by atomic mass is 127. The third-order valence-corrected chi connectivity index (χ3v) is 4.19. The Labute approximate surface area is 116 Å². The first-order valence-corrected chi connectivity index (χ1v) is 6.93. The summed E-state index contributed by atoms with van der Waals surface area (Å²) < 4.78 is 6.29. The van der Waals surface area contributed by atoms with Gasteiger partial charge >= 0.3 is 6.09 Å². The third-order valence-electron chi connectivity index (χ3n) is 2.28. The lowest BCUT2D eigenvalue weighted by Crippen LogP contribution is -2.33. The molecule has 0 saturated carbocycles. The number of carbonyl (C=O) groups is 2. The Hall–Kier alpha value is -0.830. The van der Waals surface area contributed by atoms with E-state index in [1.165, 1.54) is 18.3 Å². The Balaban J connectivity index is 1.98. The van der Waals surface area contributed by atoms with E-state index in [2.05, 4.69) is 27.9 Å². The van der Waals surface area contributed by atoms with Gasteiger partial charge in [0.2, 0.25) is 5.91 Å². The lowest BCUT2D eigenvalue weighted by Gasteiger charge is -2.09. The van der Waals surface area contributed by atoms with Gasteiger partial charge in [-0.1, -0.05) is 0 Å². The van der Waals surface area contributed by atoms with E-state index in [0.717, 1.165) is 7.88 Å². The molecule has 5 nitrogen and oxygen atoms in total. The summed E-state index contributed by atoms with van der Waals surface area (Å²) in [5.41, 5.74) is 0. The van der Waals surface area contributed by atoms with Crippen LogP contribution in [0.1, 0.15) is 6.92 Å². The van der Waals surface area contributed by atoms with Crippen molar-refractivity contribution in [2.75, 3.05) is 18.0 Å². The number of cyclic esters (lactones) is 1. The summed E-state index contributed by atoms with van der Waals surface area (Å²) in [6.45, 7) is 2.28. The molecule has 2 amide bonds. The van der Waals surface area contributed by atoms with Crippen LogP contribution in [0, 0.1) is 2.88 Å². The van der Waals surface area contributed by atoms with Crippen molar-refractivity contribution >= 4 is 50.9 Å². The van der Waals surface area contributed by atoms with Crippen LogP contribution in [-0.4, -0.2) is 31.2 Å². The number of carbonyl (C=O) groups excluding carboxylic acids is 2. The van der Waals surface area contributed by atoms with E-state index in [1.54, 1.807) is 4.90 Å². The fourth-order valence-corrected chi connectivity index (χ4v) is 3.10. The maximum atomic E-state index is 11.6. The summed E-state index contributed by atoms with van der Waals surface area (Å²) in [5, 5.41) is 3.52. The minimum Gasteiger partial charge on any atom is -0.442 e. The number of anilines is 1. The highest BCUT2D eigenvalue weighted by molar-refractivity contribution is 14.1. The molecule has 2 rings (SSSR count). The standard InChI is InChI=1S/C10H11IN2O3S/c1-6(14)12-4-7-5-13(10(15)16-7)9-3-2-8(11)17-9/h2-3,7H,4-5H2,1H3,(H,12,14)/t7-/m0/s1. The second kappa shape index (κ2) is 5.21.